The van der Waals surface area contributed by atoms with Crippen molar-refractivity contribution < 1.29 is 9.32 Å². The lowest BCUT2D eigenvalue weighted by Gasteiger charge is -2.31. The Hall–Kier alpha value is -1.43. The van der Waals surface area contributed by atoms with Crippen LogP contribution in [0.5, 0.6) is 0 Å². The Morgan fingerprint density at radius 1 is 1.41 bits per heavy atom. The van der Waals surface area contributed by atoms with E-state index < -0.39 is 0 Å². The summed E-state index contributed by atoms with van der Waals surface area (Å²) in [6.45, 7) is 8.78. The molecule has 0 aliphatic heterocycles. The first kappa shape index (κ1) is 18.6. The lowest BCUT2D eigenvalue weighted by atomic mass is 9.90. The van der Waals surface area contributed by atoms with E-state index in [-0.39, 0.29) is 11.4 Å². The van der Waals surface area contributed by atoms with Crippen molar-refractivity contribution in [1.82, 2.24) is 15.5 Å². The molecule has 0 fully saturated rings. The minimum absolute atomic E-state index is 0.0295. The Balaban J connectivity index is 2.35. The highest BCUT2D eigenvalue weighted by atomic mass is 16.5. The van der Waals surface area contributed by atoms with E-state index in [1.807, 2.05) is 6.92 Å². The largest absolute Gasteiger partial charge is 0.350 e. The molecule has 0 aromatic carbocycles. The molecule has 1 unspecified atom stereocenters. The lowest BCUT2D eigenvalue weighted by Crippen LogP contribution is -2.52. The van der Waals surface area contributed by atoms with Gasteiger partial charge in [0.25, 0.3) is 0 Å². The summed E-state index contributed by atoms with van der Waals surface area (Å²) in [6.07, 6.45) is 4.47. The number of hydrogen-bond acceptors (Lipinski definition) is 5. The third-order valence-corrected chi connectivity index (χ3v) is 3.53. The third-order valence-electron chi connectivity index (χ3n) is 3.53. The van der Waals surface area contributed by atoms with Gasteiger partial charge in [-0.2, -0.15) is 4.98 Å². The molecule has 0 saturated carbocycles. The second kappa shape index (κ2) is 8.88. The number of aromatic nitrogens is 2. The first-order valence-corrected chi connectivity index (χ1v) is 8.21. The molecular weight excluding hydrogens is 280 g/mol. The molecular formula is C16H30N4O2. The number of hydrogen-bond donors (Lipinski definition) is 2. The topological polar surface area (TPSA) is 94.0 Å². The van der Waals surface area contributed by atoms with Crippen LogP contribution in [0.1, 0.15) is 65.1 Å². The molecule has 126 valence electrons. The molecule has 1 atom stereocenters. The average Bonchev–Trinajstić information content (AvgIpc) is 2.86. The molecule has 6 nitrogen and oxygen atoms in total. The van der Waals surface area contributed by atoms with Gasteiger partial charge in [-0.3, -0.25) is 4.79 Å². The van der Waals surface area contributed by atoms with E-state index in [0.717, 1.165) is 25.1 Å². The highest BCUT2D eigenvalue weighted by Crippen LogP contribution is 2.15. The van der Waals surface area contributed by atoms with Gasteiger partial charge in [0, 0.05) is 31.3 Å². The van der Waals surface area contributed by atoms with Crippen molar-refractivity contribution in [2.24, 2.45) is 11.7 Å². The molecule has 0 saturated heterocycles. The number of aryl methyl sites for hydroxylation is 2. The van der Waals surface area contributed by atoms with Crippen LogP contribution in [0.15, 0.2) is 4.52 Å². The quantitative estimate of drug-likeness (QED) is 0.691. The van der Waals surface area contributed by atoms with Gasteiger partial charge in [0.2, 0.25) is 11.8 Å². The molecule has 0 spiro atoms. The third kappa shape index (κ3) is 6.56. The summed E-state index contributed by atoms with van der Waals surface area (Å²) in [4.78, 5) is 16.4. The van der Waals surface area contributed by atoms with Gasteiger partial charge < -0.3 is 15.6 Å². The van der Waals surface area contributed by atoms with Crippen molar-refractivity contribution in [3.63, 3.8) is 0 Å². The van der Waals surface area contributed by atoms with Gasteiger partial charge in [-0.15, -0.1) is 0 Å². The Labute approximate surface area is 133 Å². The van der Waals surface area contributed by atoms with Crippen molar-refractivity contribution in [2.75, 3.05) is 6.54 Å². The standard InChI is InChI=1S/C16H30N4O2/c1-5-7-13-18-15(22-20-13)9-6-8-14(21)19-16(4,11-17)10-12(2)3/h12H,5-11,17H2,1-4H3,(H,19,21). The van der Waals surface area contributed by atoms with Crippen LogP contribution in [0, 0.1) is 5.92 Å². The first-order chi connectivity index (χ1) is 10.4. The lowest BCUT2D eigenvalue weighted by molar-refractivity contribution is -0.123. The zero-order chi connectivity index (χ0) is 16.6. The summed E-state index contributed by atoms with van der Waals surface area (Å²) >= 11 is 0. The minimum Gasteiger partial charge on any atom is -0.350 e. The smallest absolute Gasteiger partial charge is 0.226 e. The molecule has 3 N–H and O–H groups in total. The highest BCUT2D eigenvalue weighted by molar-refractivity contribution is 5.76. The average molecular weight is 310 g/mol. The monoisotopic (exact) mass is 310 g/mol. The van der Waals surface area contributed by atoms with Crippen molar-refractivity contribution in [3.05, 3.63) is 11.7 Å². The van der Waals surface area contributed by atoms with E-state index in [4.69, 9.17) is 10.3 Å². The summed E-state index contributed by atoms with van der Waals surface area (Å²) in [7, 11) is 0. The molecule has 0 aliphatic carbocycles. The molecule has 1 rings (SSSR count). The van der Waals surface area contributed by atoms with E-state index in [9.17, 15) is 4.79 Å². The number of carbonyl (C=O) groups is 1. The molecule has 1 aromatic heterocycles. The highest BCUT2D eigenvalue weighted by Gasteiger charge is 2.25. The maximum Gasteiger partial charge on any atom is 0.226 e. The predicted molar refractivity (Wildman–Crippen MR) is 86.3 cm³/mol. The molecule has 1 heterocycles. The van der Waals surface area contributed by atoms with Gasteiger partial charge in [0.05, 0.1) is 0 Å². The van der Waals surface area contributed by atoms with E-state index in [1.165, 1.54) is 0 Å². The van der Waals surface area contributed by atoms with Crippen LogP contribution >= 0.6 is 0 Å². The summed E-state index contributed by atoms with van der Waals surface area (Å²) in [6, 6.07) is 0. The summed E-state index contributed by atoms with van der Waals surface area (Å²) in [5, 5.41) is 6.96. The van der Waals surface area contributed by atoms with Crippen molar-refractivity contribution in [3.8, 4) is 0 Å². The van der Waals surface area contributed by atoms with Gasteiger partial charge in [-0.25, -0.2) is 0 Å². The molecule has 22 heavy (non-hydrogen) atoms. The van der Waals surface area contributed by atoms with Crippen LogP contribution in [-0.2, 0) is 17.6 Å². The Morgan fingerprint density at radius 2 is 2.14 bits per heavy atom. The van der Waals surface area contributed by atoms with Crippen LogP contribution < -0.4 is 11.1 Å². The number of nitrogens with two attached hydrogens (primary N) is 1. The van der Waals surface area contributed by atoms with E-state index >= 15 is 0 Å². The normalized spacial score (nSPS) is 14.1. The van der Waals surface area contributed by atoms with Gasteiger partial charge in [0.15, 0.2) is 5.82 Å². The van der Waals surface area contributed by atoms with E-state index in [2.05, 4.69) is 36.2 Å². The van der Waals surface area contributed by atoms with Crippen molar-refractivity contribution >= 4 is 5.91 Å². The number of amides is 1. The Kier molecular flexibility index (Phi) is 7.51. The number of nitrogens with one attached hydrogen (secondary N) is 1. The number of nitrogens with zero attached hydrogens (tertiary/aromatic N) is 2. The first-order valence-electron chi connectivity index (χ1n) is 8.21. The Morgan fingerprint density at radius 3 is 2.73 bits per heavy atom. The van der Waals surface area contributed by atoms with Crippen LogP contribution in [-0.4, -0.2) is 28.1 Å². The number of rotatable bonds is 10. The van der Waals surface area contributed by atoms with Crippen molar-refractivity contribution in [1.29, 1.82) is 0 Å². The molecule has 6 heteroatoms. The minimum atomic E-state index is -0.329. The summed E-state index contributed by atoms with van der Waals surface area (Å²) in [5.74, 6) is 1.88. The van der Waals surface area contributed by atoms with Crippen LogP contribution in [0.4, 0.5) is 0 Å². The zero-order valence-corrected chi connectivity index (χ0v) is 14.3. The number of carbonyl (C=O) groups excluding carboxylic acids is 1. The van der Waals surface area contributed by atoms with Crippen molar-refractivity contribution in [2.45, 2.75) is 71.8 Å². The van der Waals surface area contributed by atoms with E-state index in [0.29, 0.717) is 37.6 Å². The Bertz CT molecular complexity index is 459. The van der Waals surface area contributed by atoms with Gasteiger partial charge >= 0.3 is 0 Å². The predicted octanol–water partition coefficient (Wildman–Crippen LogP) is 2.22. The fourth-order valence-electron chi connectivity index (χ4n) is 2.60. The summed E-state index contributed by atoms with van der Waals surface area (Å²) < 4.78 is 5.16. The van der Waals surface area contributed by atoms with Gasteiger partial charge in [-0.05, 0) is 32.1 Å². The van der Waals surface area contributed by atoms with Crippen LogP contribution in [0.2, 0.25) is 0 Å². The SMILES string of the molecule is CCCc1noc(CCCC(=O)NC(C)(CN)CC(C)C)n1. The van der Waals surface area contributed by atoms with Crippen LogP contribution in [0.3, 0.4) is 0 Å². The summed E-state index contributed by atoms with van der Waals surface area (Å²) in [5.41, 5.74) is 5.48. The second-order valence-corrected chi connectivity index (χ2v) is 6.62. The maximum absolute atomic E-state index is 12.1. The zero-order valence-electron chi connectivity index (χ0n) is 14.3. The van der Waals surface area contributed by atoms with Crippen LogP contribution in [0.25, 0.3) is 0 Å². The van der Waals surface area contributed by atoms with E-state index in [1.54, 1.807) is 0 Å². The molecule has 1 aromatic rings. The fraction of sp³-hybridized carbons (Fsp3) is 0.812. The fourth-order valence-corrected chi connectivity index (χ4v) is 2.60. The molecule has 0 aliphatic rings. The second-order valence-electron chi connectivity index (χ2n) is 6.62. The maximum atomic E-state index is 12.1. The molecule has 0 bridgehead atoms. The van der Waals surface area contributed by atoms with Gasteiger partial charge in [-0.1, -0.05) is 25.9 Å². The molecule has 0 radical (unpaired) electrons. The molecule has 1 amide bonds. The van der Waals surface area contributed by atoms with Gasteiger partial charge in [0.1, 0.15) is 0 Å².